The third-order valence-corrected chi connectivity index (χ3v) is 2.41. The summed E-state index contributed by atoms with van der Waals surface area (Å²) in [7, 11) is 0. The molecule has 1 heterocycles. The Bertz CT molecular complexity index is 637. The van der Waals surface area contributed by atoms with Gasteiger partial charge in [0.1, 0.15) is 12.4 Å². The lowest BCUT2D eigenvalue weighted by Crippen LogP contribution is -2.07. The first kappa shape index (κ1) is 14.4. The molecule has 0 saturated heterocycles. The standard InChI is InChI=1S/C12H12N4O5/c1-2-20-12(17)11-13-10(14-15-11)7-21-9-5-3-8(4-6-9)16(18)19/h3-6H,2,7H2,1H3,(H,13,14,15). The van der Waals surface area contributed by atoms with Gasteiger partial charge in [-0.05, 0) is 19.1 Å². The molecule has 0 spiro atoms. The fourth-order valence-electron chi connectivity index (χ4n) is 1.46. The van der Waals surface area contributed by atoms with E-state index in [9.17, 15) is 14.9 Å². The van der Waals surface area contributed by atoms with Gasteiger partial charge >= 0.3 is 5.97 Å². The summed E-state index contributed by atoms with van der Waals surface area (Å²) in [5.74, 6) is 0.0978. The number of carbonyl (C=O) groups excluding carboxylic acids is 1. The van der Waals surface area contributed by atoms with E-state index in [4.69, 9.17) is 9.47 Å². The van der Waals surface area contributed by atoms with Crippen LogP contribution in [0.4, 0.5) is 5.69 Å². The monoisotopic (exact) mass is 292 g/mol. The number of nitro groups is 1. The van der Waals surface area contributed by atoms with E-state index < -0.39 is 10.9 Å². The fourth-order valence-corrected chi connectivity index (χ4v) is 1.46. The molecule has 0 aliphatic rings. The van der Waals surface area contributed by atoms with E-state index >= 15 is 0 Å². The van der Waals surface area contributed by atoms with E-state index in [1.807, 2.05) is 0 Å². The van der Waals surface area contributed by atoms with Crippen molar-refractivity contribution in [2.24, 2.45) is 0 Å². The van der Waals surface area contributed by atoms with Crippen molar-refractivity contribution in [1.82, 2.24) is 15.2 Å². The topological polar surface area (TPSA) is 120 Å². The number of aromatic nitrogens is 3. The quantitative estimate of drug-likeness (QED) is 0.486. The van der Waals surface area contributed by atoms with E-state index in [2.05, 4.69) is 15.2 Å². The lowest BCUT2D eigenvalue weighted by atomic mass is 10.3. The average Bonchev–Trinajstić information content (AvgIpc) is 2.95. The van der Waals surface area contributed by atoms with Gasteiger partial charge in [-0.25, -0.2) is 9.78 Å². The molecule has 21 heavy (non-hydrogen) atoms. The second-order valence-corrected chi connectivity index (χ2v) is 3.87. The van der Waals surface area contributed by atoms with Gasteiger partial charge in [0.2, 0.25) is 0 Å². The van der Waals surface area contributed by atoms with Gasteiger partial charge in [0.25, 0.3) is 11.5 Å². The Morgan fingerprint density at radius 2 is 2.10 bits per heavy atom. The second kappa shape index (κ2) is 6.46. The molecule has 0 radical (unpaired) electrons. The average molecular weight is 292 g/mol. The van der Waals surface area contributed by atoms with Crippen LogP contribution in [0.3, 0.4) is 0 Å². The Balaban J connectivity index is 1.94. The molecule has 0 atom stereocenters. The van der Waals surface area contributed by atoms with E-state index in [1.165, 1.54) is 24.3 Å². The number of nitrogens with one attached hydrogen (secondary N) is 1. The summed E-state index contributed by atoms with van der Waals surface area (Å²) in [4.78, 5) is 25.3. The first-order valence-electron chi connectivity index (χ1n) is 6.05. The van der Waals surface area contributed by atoms with Crippen LogP contribution in [-0.4, -0.2) is 32.7 Å². The van der Waals surface area contributed by atoms with Gasteiger partial charge < -0.3 is 9.47 Å². The summed E-state index contributed by atoms with van der Waals surface area (Å²) in [6.07, 6.45) is 0. The minimum Gasteiger partial charge on any atom is -0.486 e. The molecule has 1 N–H and O–H groups in total. The molecular formula is C12H12N4O5. The molecule has 9 nitrogen and oxygen atoms in total. The normalized spacial score (nSPS) is 10.1. The molecule has 0 amide bonds. The maximum Gasteiger partial charge on any atom is 0.378 e. The maximum absolute atomic E-state index is 11.4. The molecule has 0 fully saturated rings. The highest BCUT2D eigenvalue weighted by Crippen LogP contribution is 2.17. The Morgan fingerprint density at radius 1 is 1.38 bits per heavy atom. The van der Waals surface area contributed by atoms with E-state index in [1.54, 1.807) is 6.92 Å². The summed E-state index contributed by atoms with van der Waals surface area (Å²) >= 11 is 0. The number of carbonyl (C=O) groups is 1. The zero-order valence-electron chi connectivity index (χ0n) is 11.1. The SMILES string of the molecule is CCOC(=O)c1n[nH]c(COc2ccc([N+](=O)[O-])cc2)n1. The number of nitrogens with zero attached hydrogens (tertiary/aromatic N) is 3. The molecule has 1 aromatic heterocycles. The van der Waals surface area contributed by atoms with E-state index in [-0.39, 0.29) is 24.7 Å². The Morgan fingerprint density at radius 3 is 2.71 bits per heavy atom. The highest BCUT2D eigenvalue weighted by atomic mass is 16.6. The molecule has 9 heteroatoms. The molecule has 0 unspecified atom stereocenters. The molecule has 0 saturated carbocycles. The van der Waals surface area contributed by atoms with Crippen molar-refractivity contribution in [1.29, 1.82) is 0 Å². The van der Waals surface area contributed by atoms with Gasteiger partial charge in [0, 0.05) is 12.1 Å². The summed E-state index contributed by atoms with van der Waals surface area (Å²) in [5, 5.41) is 16.8. The van der Waals surface area contributed by atoms with Crippen molar-refractivity contribution in [2.75, 3.05) is 6.61 Å². The largest absolute Gasteiger partial charge is 0.486 e. The molecule has 2 rings (SSSR count). The number of benzene rings is 1. The number of nitro benzene ring substituents is 1. The summed E-state index contributed by atoms with van der Waals surface area (Å²) in [6, 6.07) is 5.61. The second-order valence-electron chi connectivity index (χ2n) is 3.87. The van der Waals surface area contributed by atoms with E-state index in [0.29, 0.717) is 11.6 Å². The predicted molar refractivity (Wildman–Crippen MR) is 69.8 cm³/mol. The molecule has 0 aliphatic heterocycles. The smallest absolute Gasteiger partial charge is 0.378 e. The Kier molecular flexibility index (Phi) is 4.44. The Hall–Kier alpha value is -2.97. The van der Waals surface area contributed by atoms with Crippen LogP contribution in [0.1, 0.15) is 23.4 Å². The van der Waals surface area contributed by atoms with Gasteiger partial charge in [-0.2, -0.15) is 0 Å². The van der Waals surface area contributed by atoms with Gasteiger partial charge in [-0.3, -0.25) is 15.2 Å². The number of aromatic amines is 1. The molecule has 1 aromatic carbocycles. The third kappa shape index (κ3) is 3.75. The number of esters is 1. The molecule has 110 valence electrons. The first-order valence-corrected chi connectivity index (χ1v) is 6.05. The highest BCUT2D eigenvalue weighted by molar-refractivity contribution is 5.84. The number of ether oxygens (including phenoxy) is 2. The van der Waals surface area contributed by atoms with Gasteiger partial charge in [-0.1, -0.05) is 0 Å². The van der Waals surface area contributed by atoms with Gasteiger partial charge in [-0.15, -0.1) is 5.10 Å². The van der Waals surface area contributed by atoms with Crippen LogP contribution >= 0.6 is 0 Å². The van der Waals surface area contributed by atoms with Crippen molar-refractivity contribution in [3.05, 3.63) is 46.0 Å². The lowest BCUT2D eigenvalue weighted by Gasteiger charge is -2.02. The van der Waals surface area contributed by atoms with Crippen molar-refractivity contribution in [3.63, 3.8) is 0 Å². The van der Waals surface area contributed by atoms with Crippen LogP contribution < -0.4 is 4.74 Å². The molecule has 2 aromatic rings. The maximum atomic E-state index is 11.4. The lowest BCUT2D eigenvalue weighted by molar-refractivity contribution is -0.384. The van der Waals surface area contributed by atoms with Crippen LogP contribution in [0.15, 0.2) is 24.3 Å². The molecular weight excluding hydrogens is 280 g/mol. The van der Waals surface area contributed by atoms with Crippen molar-refractivity contribution in [3.8, 4) is 5.75 Å². The zero-order valence-corrected chi connectivity index (χ0v) is 11.1. The van der Waals surface area contributed by atoms with Gasteiger partial charge in [0.15, 0.2) is 5.82 Å². The van der Waals surface area contributed by atoms with Crippen LogP contribution in [0.25, 0.3) is 0 Å². The highest BCUT2D eigenvalue weighted by Gasteiger charge is 2.13. The predicted octanol–water partition coefficient (Wildman–Crippen LogP) is 1.47. The summed E-state index contributed by atoms with van der Waals surface area (Å²) in [6.45, 7) is 1.97. The van der Waals surface area contributed by atoms with Crippen molar-refractivity contribution >= 4 is 11.7 Å². The zero-order chi connectivity index (χ0) is 15.2. The van der Waals surface area contributed by atoms with Crippen molar-refractivity contribution in [2.45, 2.75) is 13.5 Å². The number of rotatable bonds is 6. The minimum atomic E-state index is -0.615. The van der Waals surface area contributed by atoms with Crippen molar-refractivity contribution < 1.29 is 19.2 Å². The molecule has 0 bridgehead atoms. The minimum absolute atomic E-state index is 0.0217. The van der Waals surface area contributed by atoms with Crippen LogP contribution in [-0.2, 0) is 11.3 Å². The van der Waals surface area contributed by atoms with Crippen LogP contribution in [0.5, 0.6) is 5.75 Å². The number of non-ortho nitro benzene ring substituents is 1. The van der Waals surface area contributed by atoms with E-state index in [0.717, 1.165) is 0 Å². The summed E-state index contributed by atoms with van der Waals surface area (Å²) < 4.78 is 10.1. The van der Waals surface area contributed by atoms with Crippen LogP contribution in [0.2, 0.25) is 0 Å². The fraction of sp³-hybridized carbons (Fsp3) is 0.250. The number of hydrogen-bond donors (Lipinski definition) is 1. The Labute approximate surface area is 119 Å². The third-order valence-electron chi connectivity index (χ3n) is 2.41. The molecule has 0 aliphatic carbocycles. The van der Waals surface area contributed by atoms with Gasteiger partial charge in [0.05, 0.1) is 11.5 Å². The first-order chi connectivity index (χ1) is 10.1. The number of H-pyrrole nitrogens is 1. The van der Waals surface area contributed by atoms with Crippen LogP contribution in [0, 0.1) is 10.1 Å². The summed E-state index contributed by atoms with van der Waals surface area (Å²) in [5.41, 5.74) is -0.0217. The number of hydrogen-bond acceptors (Lipinski definition) is 7.